The van der Waals surface area contributed by atoms with Gasteiger partial charge in [0.25, 0.3) is 0 Å². The van der Waals surface area contributed by atoms with Gasteiger partial charge in [-0.15, -0.1) is 11.6 Å². The van der Waals surface area contributed by atoms with Crippen molar-refractivity contribution in [3.8, 4) is 11.6 Å². The number of hydrogen-bond acceptors (Lipinski definition) is 2. The summed E-state index contributed by atoms with van der Waals surface area (Å²) >= 11 is 8.90. The molecule has 1 aromatic heterocycles. The smallest absolute Gasteiger partial charge is 0.222 e. The summed E-state index contributed by atoms with van der Waals surface area (Å²) in [6.07, 6.45) is 1.62. The number of rotatable bonds is 3. The topological polar surface area (TPSA) is 22.1 Å². The van der Waals surface area contributed by atoms with Crippen molar-refractivity contribution < 1.29 is 9.13 Å². The van der Waals surface area contributed by atoms with E-state index in [1.54, 1.807) is 18.3 Å². The fourth-order valence-electron chi connectivity index (χ4n) is 1.46. The van der Waals surface area contributed by atoms with Crippen LogP contribution in [0.5, 0.6) is 11.6 Å². The molecule has 0 radical (unpaired) electrons. The molecule has 0 atom stereocenters. The molecule has 0 fully saturated rings. The highest BCUT2D eigenvalue weighted by molar-refractivity contribution is 9.10. The van der Waals surface area contributed by atoms with Crippen LogP contribution in [0, 0.1) is 12.7 Å². The van der Waals surface area contributed by atoms with Gasteiger partial charge >= 0.3 is 0 Å². The second-order valence-corrected chi connectivity index (χ2v) is 4.96. The SMILES string of the molecule is Cc1cc(CCl)cnc1Oc1ccc(Br)cc1F. The summed E-state index contributed by atoms with van der Waals surface area (Å²) in [5.41, 5.74) is 1.72. The third-order valence-corrected chi connectivity index (χ3v) is 3.14. The molecule has 0 saturated heterocycles. The zero-order valence-electron chi connectivity index (χ0n) is 9.58. The number of aromatic nitrogens is 1. The standard InChI is InChI=1S/C13H10BrClFNO/c1-8-4-9(6-15)7-17-13(8)18-12-3-2-10(14)5-11(12)16/h2-5,7H,6H2,1H3. The monoisotopic (exact) mass is 329 g/mol. The predicted octanol–water partition coefficient (Wildman–Crippen LogP) is 4.82. The fraction of sp³-hybridized carbons (Fsp3) is 0.154. The van der Waals surface area contributed by atoms with E-state index >= 15 is 0 Å². The van der Waals surface area contributed by atoms with Gasteiger partial charge in [-0.3, -0.25) is 0 Å². The van der Waals surface area contributed by atoms with Crippen LogP contribution in [0.2, 0.25) is 0 Å². The molecular weight excluding hydrogens is 321 g/mol. The molecule has 0 aliphatic carbocycles. The molecule has 94 valence electrons. The molecule has 5 heteroatoms. The van der Waals surface area contributed by atoms with Crippen LogP contribution >= 0.6 is 27.5 Å². The third kappa shape index (κ3) is 3.00. The molecule has 0 unspecified atom stereocenters. The summed E-state index contributed by atoms with van der Waals surface area (Å²) in [5, 5.41) is 0. The normalized spacial score (nSPS) is 10.4. The minimum absolute atomic E-state index is 0.146. The highest BCUT2D eigenvalue weighted by atomic mass is 79.9. The van der Waals surface area contributed by atoms with Crippen LogP contribution in [0.25, 0.3) is 0 Å². The minimum atomic E-state index is -0.438. The van der Waals surface area contributed by atoms with Gasteiger partial charge in [0.15, 0.2) is 11.6 Å². The van der Waals surface area contributed by atoms with E-state index in [-0.39, 0.29) is 5.75 Å². The average Bonchev–Trinajstić information content (AvgIpc) is 2.34. The van der Waals surface area contributed by atoms with Gasteiger partial charge < -0.3 is 4.74 Å². The van der Waals surface area contributed by atoms with Gasteiger partial charge in [-0.1, -0.05) is 15.9 Å². The zero-order chi connectivity index (χ0) is 13.1. The first-order valence-electron chi connectivity index (χ1n) is 5.24. The van der Waals surface area contributed by atoms with E-state index in [9.17, 15) is 4.39 Å². The molecule has 0 saturated carbocycles. The lowest BCUT2D eigenvalue weighted by Crippen LogP contribution is -1.95. The van der Waals surface area contributed by atoms with Crippen molar-refractivity contribution in [1.29, 1.82) is 0 Å². The summed E-state index contributed by atoms with van der Waals surface area (Å²) in [6.45, 7) is 1.84. The van der Waals surface area contributed by atoms with Crippen molar-refractivity contribution in [3.05, 3.63) is 51.9 Å². The molecule has 18 heavy (non-hydrogen) atoms. The molecule has 0 spiro atoms. The maximum absolute atomic E-state index is 13.6. The molecule has 0 N–H and O–H groups in total. The van der Waals surface area contributed by atoms with Gasteiger partial charge in [0.1, 0.15) is 0 Å². The zero-order valence-corrected chi connectivity index (χ0v) is 11.9. The number of ether oxygens (including phenoxy) is 1. The predicted molar refractivity (Wildman–Crippen MR) is 72.7 cm³/mol. The number of alkyl halides is 1. The van der Waals surface area contributed by atoms with Crippen molar-refractivity contribution in [3.63, 3.8) is 0 Å². The van der Waals surface area contributed by atoms with E-state index in [1.807, 2.05) is 13.0 Å². The molecular formula is C13H10BrClFNO. The first-order chi connectivity index (χ1) is 8.60. The Balaban J connectivity index is 2.28. The maximum atomic E-state index is 13.6. The van der Waals surface area contributed by atoms with Gasteiger partial charge in [0, 0.05) is 22.1 Å². The molecule has 2 nitrogen and oxygen atoms in total. The van der Waals surface area contributed by atoms with Gasteiger partial charge in [0.2, 0.25) is 5.88 Å². The van der Waals surface area contributed by atoms with Crippen LogP contribution in [0.15, 0.2) is 34.9 Å². The second kappa shape index (κ2) is 5.67. The largest absolute Gasteiger partial charge is 0.436 e. The van der Waals surface area contributed by atoms with Gasteiger partial charge in [-0.2, -0.15) is 0 Å². The Morgan fingerprint density at radius 1 is 1.39 bits per heavy atom. The molecule has 0 bridgehead atoms. The van der Waals surface area contributed by atoms with E-state index in [0.29, 0.717) is 16.2 Å². The molecule has 0 amide bonds. The van der Waals surface area contributed by atoms with Crippen LogP contribution in [0.3, 0.4) is 0 Å². The molecule has 1 heterocycles. The highest BCUT2D eigenvalue weighted by Crippen LogP contribution is 2.27. The van der Waals surface area contributed by atoms with Crippen LogP contribution in [0.1, 0.15) is 11.1 Å². The van der Waals surface area contributed by atoms with E-state index in [0.717, 1.165) is 11.1 Å². The van der Waals surface area contributed by atoms with Crippen molar-refractivity contribution in [2.45, 2.75) is 12.8 Å². The first-order valence-corrected chi connectivity index (χ1v) is 6.57. The summed E-state index contributed by atoms with van der Waals surface area (Å²) in [7, 11) is 0. The number of hydrogen-bond donors (Lipinski definition) is 0. The van der Waals surface area contributed by atoms with Crippen LogP contribution in [-0.4, -0.2) is 4.98 Å². The number of nitrogens with zero attached hydrogens (tertiary/aromatic N) is 1. The van der Waals surface area contributed by atoms with Gasteiger partial charge in [-0.25, -0.2) is 9.37 Å². The Hall–Kier alpha value is -1.13. The Morgan fingerprint density at radius 3 is 2.78 bits per heavy atom. The molecule has 2 rings (SSSR count). The molecule has 0 aliphatic heterocycles. The highest BCUT2D eigenvalue weighted by Gasteiger charge is 2.08. The van der Waals surface area contributed by atoms with Crippen molar-refractivity contribution >= 4 is 27.5 Å². The number of benzene rings is 1. The number of pyridine rings is 1. The van der Waals surface area contributed by atoms with Crippen molar-refractivity contribution in [1.82, 2.24) is 4.98 Å². The fourth-order valence-corrected chi connectivity index (χ4v) is 1.94. The molecule has 2 aromatic rings. The first kappa shape index (κ1) is 13.3. The van der Waals surface area contributed by atoms with Crippen molar-refractivity contribution in [2.75, 3.05) is 0 Å². The number of halogens is 3. The number of aryl methyl sites for hydroxylation is 1. The second-order valence-electron chi connectivity index (χ2n) is 3.78. The van der Waals surface area contributed by atoms with Gasteiger partial charge in [0.05, 0.1) is 0 Å². The lowest BCUT2D eigenvalue weighted by atomic mass is 10.2. The minimum Gasteiger partial charge on any atom is -0.436 e. The van der Waals surface area contributed by atoms with Crippen LogP contribution in [0.4, 0.5) is 4.39 Å². The molecule has 1 aromatic carbocycles. The maximum Gasteiger partial charge on any atom is 0.222 e. The van der Waals surface area contributed by atoms with E-state index in [2.05, 4.69) is 20.9 Å². The lowest BCUT2D eigenvalue weighted by Gasteiger charge is -2.09. The van der Waals surface area contributed by atoms with Crippen LogP contribution in [-0.2, 0) is 5.88 Å². The summed E-state index contributed by atoms with van der Waals surface area (Å²) in [5.74, 6) is 0.477. The Morgan fingerprint density at radius 2 is 2.17 bits per heavy atom. The summed E-state index contributed by atoms with van der Waals surface area (Å²) < 4.78 is 19.7. The van der Waals surface area contributed by atoms with Crippen LogP contribution < -0.4 is 4.74 Å². The summed E-state index contributed by atoms with van der Waals surface area (Å²) in [4.78, 5) is 4.12. The average molecular weight is 331 g/mol. The lowest BCUT2D eigenvalue weighted by molar-refractivity contribution is 0.424. The van der Waals surface area contributed by atoms with Crippen molar-refractivity contribution in [2.24, 2.45) is 0 Å². The van der Waals surface area contributed by atoms with E-state index in [4.69, 9.17) is 16.3 Å². The summed E-state index contributed by atoms with van der Waals surface area (Å²) in [6, 6.07) is 6.47. The van der Waals surface area contributed by atoms with E-state index in [1.165, 1.54) is 6.07 Å². The molecule has 0 aliphatic rings. The Kier molecular flexibility index (Phi) is 4.19. The van der Waals surface area contributed by atoms with E-state index < -0.39 is 5.82 Å². The Labute approximate surface area is 118 Å². The van der Waals surface area contributed by atoms with Gasteiger partial charge in [-0.05, 0) is 36.8 Å². The Bertz CT molecular complexity index is 577. The third-order valence-electron chi connectivity index (χ3n) is 2.34. The quantitative estimate of drug-likeness (QED) is 0.753.